The topological polar surface area (TPSA) is 26.0 Å². The smallest absolute Gasteiger partial charge is 0.0195 e. The van der Waals surface area contributed by atoms with Gasteiger partial charge in [0.15, 0.2) is 0 Å². The van der Waals surface area contributed by atoms with E-state index in [1.807, 2.05) is 0 Å². The van der Waals surface area contributed by atoms with Crippen molar-refractivity contribution in [2.24, 2.45) is 11.7 Å². The highest BCUT2D eigenvalue weighted by Crippen LogP contribution is 2.33. The SMILES string of the molecule is Cc1cccc(C)c1CC1(N)CCC(C)CC1. The third kappa shape index (κ3) is 2.90. The first-order chi connectivity index (χ1) is 8.00. The van der Waals surface area contributed by atoms with Gasteiger partial charge in [0, 0.05) is 5.54 Å². The van der Waals surface area contributed by atoms with Gasteiger partial charge in [0.25, 0.3) is 0 Å². The van der Waals surface area contributed by atoms with Gasteiger partial charge < -0.3 is 5.73 Å². The molecule has 2 rings (SSSR count). The van der Waals surface area contributed by atoms with Crippen LogP contribution in [0.5, 0.6) is 0 Å². The Morgan fingerprint density at radius 1 is 1.18 bits per heavy atom. The second kappa shape index (κ2) is 4.81. The van der Waals surface area contributed by atoms with Crippen molar-refractivity contribution in [2.45, 2.75) is 58.4 Å². The van der Waals surface area contributed by atoms with Crippen molar-refractivity contribution in [1.29, 1.82) is 0 Å². The average molecular weight is 231 g/mol. The molecule has 0 atom stereocenters. The lowest BCUT2D eigenvalue weighted by atomic mass is 9.74. The third-order valence-corrected chi connectivity index (χ3v) is 4.44. The molecule has 0 amide bonds. The van der Waals surface area contributed by atoms with Crippen LogP contribution in [0.15, 0.2) is 18.2 Å². The molecule has 1 aliphatic rings. The Morgan fingerprint density at radius 2 is 1.71 bits per heavy atom. The summed E-state index contributed by atoms with van der Waals surface area (Å²) in [7, 11) is 0. The summed E-state index contributed by atoms with van der Waals surface area (Å²) in [4.78, 5) is 0. The monoisotopic (exact) mass is 231 g/mol. The zero-order chi connectivity index (χ0) is 12.5. The van der Waals surface area contributed by atoms with E-state index in [1.165, 1.54) is 42.4 Å². The maximum atomic E-state index is 6.59. The minimum absolute atomic E-state index is 0.0450. The maximum Gasteiger partial charge on any atom is 0.0195 e. The molecule has 0 aliphatic heterocycles. The van der Waals surface area contributed by atoms with Crippen LogP contribution in [0, 0.1) is 19.8 Å². The van der Waals surface area contributed by atoms with Crippen molar-refractivity contribution in [2.75, 3.05) is 0 Å². The van der Waals surface area contributed by atoms with E-state index >= 15 is 0 Å². The number of rotatable bonds is 2. The summed E-state index contributed by atoms with van der Waals surface area (Å²) in [6, 6.07) is 6.55. The van der Waals surface area contributed by atoms with Crippen molar-refractivity contribution in [3.8, 4) is 0 Å². The molecule has 0 radical (unpaired) electrons. The Bertz CT molecular complexity index is 366. The van der Waals surface area contributed by atoms with Gasteiger partial charge in [0.2, 0.25) is 0 Å². The Kier molecular flexibility index (Phi) is 3.58. The summed E-state index contributed by atoms with van der Waals surface area (Å²) < 4.78 is 0. The molecule has 1 aromatic rings. The molecular formula is C16H25N. The zero-order valence-corrected chi connectivity index (χ0v) is 11.4. The summed E-state index contributed by atoms with van der Waals surface area (Å²) in [6.45, 7) is 6.76. The quantitative estimate of drug-likeness (QED) is 0.824. The molecule has 0 aromatic heterocycles. The van der Waals surface area contributed by atoms with Gasteiger partial charge in [0.1, 0.15) is 0 Å². The third-order valence-electron chi connectivity index (χ3n) is 4.44. The minimum Gasteiger partial charge on any atom is -0.325 e. The molecule has 1 fully saturated rings. The minimum atomic E-state index is 0.0450. The van der Waals surface area contributed by atoms with E-state index in [4.69, 9.17) is 5.73 Å². The van der Waals surface area contributed by atoms with Gasteiger partial charge in [-0.1, -0.05) is 25.1 Å². The Balaban J connectivity index is 2.15. The predicted molar refractivity (Wildman–Crippen MR) is 74.2 cm³/mol. The van der Waals surface area contributed by atoms with E-state index < -0.39 is 0 Å². The largest absolute Gasteiger partial charge is 0.325 e. The van der Waals surface area contributed by atoms with Crippen LogP contribution in [0.2, 0.25) is 0 Å². The number of hydrogen-bond acceptors (Lipinski definition) is 1. The maximum absolute atomic E-state index is 6.59. The second-order valence-corrected chi connectivity index (χ2v) is 6.09. The van der Waals surface area contributed by atoms with E-state index in [0.29, 0.717) is 0 Å². The number of nitrogens with two attached hydrogens (primary N) is 1. The Labute approximate surface area is 105 Å². The van der Waals surface area contributed by atoms with E-state index in [-0.39, 0.29) is 5.54 Å². The standard InChI is InChI=1S/C16H25N/c1-12-7-9-16(17,10-8-12)11-15-13(2)5-4-6-14(15)3/h4-6,12H,7-11,17H2,1-3H3. The zero-order valence-electron chi connectivity index (χ0n) is 11.4. The summed E-state index contributed by atoms with van der Waals surface area (Å²) in [5.41, 5.74) is 10.9. The summed E-state index contributed by atoms with van der Waals surface area (Å²) in [6.07, 6.45) is 6.00. The number of aryl methyl sites for hydroxylation is 2. The van der Waals surface area contributed by atoms with E-state index in [0.717, 1.165) is 12.3 Å². The number of hydrogen-bond donors (Lipinski definition) is 1. The average Bonchev–Trinajstić information content (AvgIpc) is 2.29. The number of benzene rings is 1. The van der Waals surface area contributed by atoms with Crippen LogP contribution in [0.25, 0.3) is 0 Å². The molecule has 0 unspecified atom stereocenters. The van der Waals surface area contributed by atoms with Crippen molar-refractivity contribution >= 4 is 0 Å². The predicted octanol–water partition coefficient (Wildman–Crippen LogP) is 3.75. The molecule has 1 heteroatoms. The van der Waals surface area contributed by atoms with Crippen molar-refractivity contribution in [3.63, 3.8) is 0 Å². The highest BCUT2D eigenvalue weighted by atomic mass is 14.7. The van der Waals surface area contributed by atoms with Gasteiger partial charge in [-0.2, -0.15) is 0 Å². The van der Waals surface area contributed by atoms with Gasteiger partial charge in [-0.3, -0.25) is 0 Å². The first-order valence-corrected chi connectivity index (χ1v) is 6.84. The summed E-state index contributed by atoms with van der Waals surface area (Å²) in [5, 5.41) is 0. The van der Waals surface area contributed by atoms with Crippen LogP contribution in [0.1, 0.15) is 49.3 Å². The second-order valence-electron chi connectivity index (χ2n) is 6.09. The molecule has 1 nitrogen and oxygen atoms in total. The molecule has 0 heterocycles. The fraction of sp³-hybridized carbons (Fsp3) is 0.625. The van der Waals surface area contributed by atoms with Gasteiger partial charge in [0.05, 0.1) is 0 Å². The Hall–Kier alpha value is -0.820. The fourth-order valence-electron chi connectivity index (χ4n) is 2.99. The first kappa shape index (κ1) is 12.6. The lowest BCUT2D eigenvalue weighted by molar-refractivity contribution is 0.243. The summed E-state index contributed by atoms with van der Waals surface area (Å²) >= 11 is 0. The molecule has 1 aliphatic carbocycles. The van der Waals surface area contributed by atoms with Gasteiger partial charge in [-0.15, -0.1) is 0 Å². The molecular weight excluding hydrogens is 206 g/mol. The fourth-order valence-corrected chi connectivity index (χ4v) is 2.99. The molecule has 17 heavy (non-hydrogen) atoms. The molecule has 0 spiro atoms. The van der Waals surface area contributed by atoms with Crippen molar-refractivity contribution in [3.05, 3.63) is 34.9 Å². The van der Waals surface area contributed by atoms with Crippen LogP contribution < -0.4 is 5.73 Å². The van der Waals surface area contributed by atoms with Crippen LogP contribution in [-0.2, 0) is 6.42 Å². The summed E-state index contributed by atoms with van der Waals surface area (Å²) in [5.74, 6) is 0.865. The van der Waals surface area contributed by atoms with Crippen LogP contribution in [0.4, 0.5) is 0 Å². The molecule has 1 aromatic carbocycles. The lowest BCUT2D eigenvalue weighted by Crippen LogP contribution is -2.45. The highest BCUT2D eigenvalue weighted by Gasteiger charge is 2.30. The van der Waals surface area contributed by atoms with E-state index in [2.05, 4.69) is 39.0 Å². The normalized spacial score (nSPS) is 29.3. The first-order valence-electron chi connectivity index (χ1n) is 6.84. The van der Waals surface area contributed by atoms with Gasteiger partial charge >= 0.3 is 0 Å². The molecule has 0 bridgehead atoms. The molecule has 0 saturated heterocycles. The van der Waals surface area contributed by atoms with E-state index in [9.17, 15) is 0 Å². The highest BCUT2D eigenvalue weighted by molar-refractivity contribution is 5.35. The molecule has 1 saturated carbocycles. The van der Waals surface area contributed by atoms with Crippen LogP contribution in [-0.4, -0.2) is 5.54 Å². The Morgan fingerprint density at radius 3 is 2.24 bits per heavy atom. The van der Waals surface area contributed by atoms with E-state index in [1.54, 1.807) is 0 Å². The van der Waals surface area contributed by atoms with Crippen molar-refractivity contribution in [1.82, 2.24) is 0 Å². The van der Waals surface area contributed by atoms with Gasteiger partial charge in [-0.05, 0) is 68.6 Å². The molecule has 2 N–H and O–H groups in total. The van der Waals surface area contributed by atoms with Crippen LogP contribution in [0.3, 0.4) is 0 Å². The van der Waals surface area contributed by atoms with Crippen molar-refractivity contribution < 1.29 is 0 Å². The molecule has 94 valence electrons. The lowest BCUT2D eigenvalue weighted by Gasteiger charge is -2.37. The van der Waals surface area contributed by atoms with Crippen LogP contribution >= 0.6 is 0 Å². The van der Waals surface area contributed by atoms with Gasteiger partial charge in [-0.25, -0.2) is 0 Å².